The highest BCUT2D eigenvalue weighted by Gasteiger charge is 2.31. The van der Waals surface area contributed by atoms with Crippen LogP contribution in [0.15, 0.2) is 18.2 Å². The van der Waals surface area contributed by atoms with Crippen LogP contribution in [0, 0.1) is 19.8 Å². The summed E-state index contributed by atoms with van der Waals surface area (Å²) >= 11 is 0. The van der Waals surface area contributed by atoms with Crippen LogP contribution in [0.25, 0.3) is 0 Å². The summed E-state index contributed by atoms with van der Waals surface area (Å²) in [6.45, 7) is 6.96. The van der Waals surface area contributed by atoms with Gasteiger partial charge in [0.25, 0.3) is 0 Å². The minimum Gasteiger partial charge on any atom is -0.294 e. The highest BCUT2D eigenvalue weighted by atomic mass is 32.2. The molecule has 128 valence electrons. The van der Waals surface area contributed by atoms with Gasteiger partial charge in [-0.1, -0.05) is 25.5 Å². The zero-order valence-corrected chi connectivity index (χ0v) is 15.2. The first kappa shape index (κ1) is 18.1. The number of benzene rings is 1. The van der Waals surface area contributed by atoms with Crippen molar-refractivity contribution in [2.45, 2.75) is 46.5 Å². The summed E-state index contributed by atoms with van der Waals surface area (Å²) in [4.78, 5) is 12.6. The van der Waals surface area contributed by atoms with Gasteiger partial charge in [-0.15, -0.1) is 0 Å². The molecule has 1 heterocycles. The zero-order valence-electron chi connectivity index (χ0n) is 14.3. The normalized spacial score (nSPS) is 17.3. The lowest BCUT2D eigenvalue weighted by atomic mass is 9.88. The van der Waals surface area contributed by atoms with Crippen LogP contribution in [-0.2, 0) is 10.0 Å². The van der Waals surface area contributed by atoms with Crippen LogP contribution in [0.4, 0.5) is 0 Å². The largest absolute Gasteiger partial charge is 0.294 e. The van der Waals surface area contributed by atoms with E-state index in [9.17, 15) is 13.2 Å². The third kappa shape index (κ3) is 4.42. The summed E-state index contributed by atoms with van der Waals surface area (Å²) in [5, 5.41) is 0. The van der Waals surface area contributed by atoms with Gasteiger partial charge in [0, 0.05) is 24.6 Å². The number of carbonyl (C=O) groups is 1. The van der Waals surface area contributed by atoms with Gasteiger partial charge in [-0.25, -0.2) is 12.7 Å². The topological polar surface area (TPSA) is 54.5 Å². The molecule has 23 heavy (non-hydrogen) atoms. The van der Waals surface area contributed by atoms with Crippen molar-refractivity contribution in [1.29, 1.82) is 0 Å². The Morgan fingerprint density at radius 3 is 2.39 bits per heavy atom. The molecule has 1 fully saturated rings. The molecule has 2 rings (SSSR count). The Balaban J connectivity index is 1.98. The monoisotopic (exact) mass is 337 g/mol. The Kier molecular flexibility index (Phi) is 5.98. The van der Waals surface area contributed by atoms with E-state index in [1.165, 1.54) is 5.56 Å². The molecule has 0 N–H and O–H groups in total. The molecule has 0 radical (unpaired) electrons. The van der Waals surface area contributed by atoms with Gasteiger partial charge in [-0.2, -0.15) is 0 Å². The maximum absolute atomic E-state index is 12.6. The SMILES string of the molecule is CCCCS(=O)(=O)N1CCC(C(=O)c2ccc(C)c(C)c2)CC1. The lowest BCUT2D eigenvalue weighted by molar-refractivity contribution is 0.0875. The third-order valence-corrected chi connectivity index (χ3v) is 6.72. The lowest BCUT2D eigenvalue weighted by Gasteiger charge is -2.30. The molecule has 1 aromatic carbocycles. The molecule has 0 atom stereocenters. The fourth-order valence-corrected chi connectivity index (χ4v) is 4.66. The molecular formula is C18H27NO3S. The van der Waals surface area contributed by atoms with Crippen LogP contribution < -0.4 is 0 Å². The number of rotatable bonds is 6. The number of Topliss-reactive ketones (excluding diaryl/α,β-unsaturated/α-hetero) is 1. The number of carbonyl (C=O) groups excluding carboxylic acids is 1. The molecule has 1 aromatic rings. The first-order valence-corrected chi connectivity index (χ1v) is 10.1. The van der Waals surface area contributed by atoms with Gasteiger partial charge in [0.05, 0.1) is 5.75 Å². The maximum atomic E-state index is 12.6. The lowest BCUT2D eigenvalue weighted by Crippen LogP contribution is -2.41. The van der Waals surface area contributed by atoms with Crippen molar-refractivity contribution in [3.05, 3.63) is 34.9 Å². The van der Waals surface area contributed by atoms with E-state index in [4.69, 9.17) is 0 Å². The van der Waals surface area contributed by atoms with Crippen molar-refractivity contribution in [2.75, 3.05) is 18.8 Å². The average molecular weight is 337 g/mol. The van der Waals surface area contributed by atoms with Crippen molar-refractivity contribution in [3.63, 3.8) is 0 Å². The molecule has 1 aliphatic rings. The molecular weight excluding hydrogens is 310 g/mol. The van der Waals surface area contributed by atoms with Gasteiger partial charge >= 0.3 is 0 Å². The molecule has 5 heteroatoms. The Bertz CT molecular complexity index is 659. The molecule has 4 nitrogen and oxygen atoms in total. The van der Waals surface area contributed by atoms with Crippen molar-refractivity contribution in [3.8, 4) is 0 Å². The summed E-state index contributed by atoms with van der Waals surface area (Å²) in [7, 11) is -3.15. The number of aryl methyl sites for hydroxylation is 2. The quantitative estimate of drug-likeness (QED) is 0.748. The Hall–Kier alpha value is -1.20. The van der Waals surface area contributed by atoms with Crippen molar-refractivity contribution in [2.24, 2.45) is 5.92 Å². The minimum atomic E-state index is -3.15. The van der Waals surface area contributed by atoms with E-state index in [0.717, 1.165) is 17.5 Å². The summed E-state index contributed by atoms with van der Waals surface area (Å²) in [5.74, 6) is 0.313. The maximum Gasteiger partial charge on any atom is 0.214 e. The number of hydrogen-bond donors (Lipinski definition) is 0. The third-order valence-electron chi connectivity index (χ3n) is 4.77. The number of hydrogen-bond acceptors (Lipinski definition) is 3. The second-order valence-electron chi connectivity index (χ2n) is 6.51. The Morgan fingerprint density at radius 2 is 1.83 bits per heavy atom. The Morgan fingerprint density at radius 1 is 1.17 bits per heavy atom. The number of nitrogens with zero attached hydrogens (tertiary/aromatic N) is 1. The predicted molar refractivity (Wildman–Crippen MR) is 93.2 cm³/mol. The molecule has 0 aliphatic carbocycles. The van der Waals surface area contributed by atoms with E-state index < -0.39 is 10.0 Å². The first-order chi connectivity index (χ1) is 10.8. The fraction of sp³-hybridized carbons (Fsp3) is 0.611. The summed E-state index contributed by atoms with van der Waals surface area (Å²) in [5.41, 5.74) is 3.05. The standard InChI is InChI=1S/C18H27NO3S/c1-4-5-12-23(21,22)19-10-8-16(9-11-19)18(20)17-7-6-14(2)15(3)13-17/h6-7,13,16H,4-5,8-12H2,1-3H3. The van der Waals surface area contributed by atoms with Gasteiger partial charge in [-0.05, 0) is 50.3 Å². The van der Waals surface area contributed by atoms with E-state index in [1.807, 2.05) is 39.0 Å². The van der Waals surface area contributed by atoms with Gasteiger partial charge in [0.2, 0.25) is 10.0 Å². The summed E-state index contributed by atoms with van der Waals surface area (Å²) < 4.78 is 26.0. The fourth-order valence-electron chi connectivity index (χ4n) is 2.98. The zero-order chi connectivity index (χ0) is 17.0. The highest BCUT2D eigenvalue weighted by Crippen LogP contribution is 2.24. The van der Waals surface area contributed by atoms with E-state index >= 15 is 0 Å². The van der Waals surface area contributed by atoms with Crippen LogP contribution in [0.2, 0.25) is 0 Å². The smallest absolute Gasteiger partial charge is 0.214 e. The van der Waals surface area contributed by atoms with Crippen molar-refractivity contribution >= 4 is 15.8 Å². The first-order valence-electron chi connectivity index (χ1n) is 8.44. The predicted octanol–water partition coefficient (Wildman–Crippen LogP) is 3.33. The number of piperidine rings is 1. The summed E-state index contributed by atoms with van der Waals surface area (Å²) in [6.07, 6.45) is 2.82. The van der Waals surface area contributed by atoms with E-state index in [-0.39, 0.29) is 17.5 Å². The molecule has 0 aromatic heterocycles. The Labute approximate surface area is 139 Å². The molecule has 0 bridgehead atoms. The molecule has 1 saturated heterocycles. The van der Waals surface area contributed by atoms with Crippen LogP contribution in [0.5, 0.6) is 0 Å². The van der Waals surface area contributed by atoms with Crippen LogP contribution in [0.3, 0.4) is 0 Å². The van der Waals surface area contributed by atoms with Crippen LogP contribution >= 0.6 is 0 Å². The second kappa shape index (κ2) is 7.58. The van der Waals surface area contributed by atoms with Gasteiger partial charge in [-0.3, -0.25) is 4.79 Å². The minimum absolute atomic E-state index is 0.0604. The number of ketones is 1. The second-order valence-corrected chi connectivity index (χ2v) is 8.59. The number of unbranched alkanes of at least 4 members (excludes halogenated alkanes) is 1. The van der Waals surface area contributed by atoms with E-state index in [1.54, 1.807) is 4.31 Å². The number of sulfonamides is 1. The highest BCUT2D eigenvalue weighted by molar-refractivity contribution is 7.89. The summed E-state index contributed by atoms with van der Waals surface area (Å²) in [6, 6.07) is 5.81. The van der Waals surface area contributed by atoms with E-state index in [2.05, 4.69) is 0 Å². The molecule has 0 amide bonds. The van der Waals surface area contributed by atoms with E-state index in [0.29, 0.717) is 32.4 Å². The van der Waals surface area contributed by atoms with Gasteiger partial charge < -0.3 is 0 Å². The van der Waals surface area contributed by atoms with Crippen LogP contribution in [0.1, 0.15) is 54.1 Å². The average Bonchev–Trinajstić information content (AvgIpc) is 2.55. The van der Waals surface area contributed by atoms with Crippen molar-refractivity contribution in [1.82, 2.24) is 4.31 Å². The van der Waals surface area contributed by atoms with Crippen LogP contribution in [-0.4, -0.2) is 37.3 Å². The molecule has 0 saturated carbocycles. The molecule has 1 aliphatic heterocycles. The van der Waals surface area contributed by atoms with Crippen molar-refractivity contribution < 1.29 is 13.2 Å². The molecule has 0 spiro atoms. The molecule has 0 unspecified atom stereocenters. The van der Waals surface area contributed by atoms with Gasteiger partial charge in [0.15, 0.2) is 5.78 Å². The van der Waals surface area contributed by atoms with Gasteiger partial charge in [0.1, 0.15) is 0 Å².